The van der Waals surface area contributed by atoms with E-state index in [0.717, 1.165) is 49.2 Å². The molecular weight excluding hydrogens is 403 g/mol. The van der Waals surface area contributed by atoms with E-state index in [1.807, 2.05) is 24.3 Å². The zero-order valence-electron chi connectivity index (χ0n) is 16.9. The Balaban J connectivity index is 1.49. The molecule has 1 unspecified atom stereocenters. The third-order valence-corrected chi connectivity index (χ3v) is 9.09. The summed E-state index contributed by atoms with van der Waals surface area (Å²) in [5, 5.41) is 11.0. The third kappa shape index (κ3) is 3.38. The Kier molecular flexibility index (Phi) is 4.97. The van der Waals surface area contributed by atoms with Crippen molar-refractivity contribution in [3.63, 3.8) is 0 Å². The minimum atomic E-state index is -3.73. The molecule has 0 amide bonds. The van der Waals surface area contributed by atoms with E-state index in [-0.39, 0.29) is 17.0 Å². The van der Waals surface area contributed by atoms with Gasteiger partial charge in [-0.3, -0.25) is 0 Å². The van der Waals surface area contributed by atoms with Crippen molar-refractivity contribution in [1.29, 1.82) is 0 Å². The van der Waals surface area contributed by atoms with Crippen LogP contribution in [0.25, 0.3) is 0 Å². The van der Waals surface area contributed by atoms with Crippen molar-refractivity contribution in [2.75, 3.05) is 31.9 Å². The number of benzene rings is 2. The first kappa shape index (κ1) is 20.1. The molecule has 3 aliphatic heterocycles. The Morgan fingerprint density at radius 1 is 1.07 bits per heavy atom. The second-order valence-electron chi connectivity index (χ2n) is 8.95. The van der Waals surface area contributed by atoms with Crippen LogP contribution in [0, 0.1) is 11.2 Å². The van der Waals surface area contributed by atoms with Crippen LogP contribution in [0.2, 0.25) is 0 Å². The summed E-state index contributed by atoms with van der Waals surface area (Å²) in [5.74, 6) is -0.612. The molecule has 3 aliphatic rings. The summed E-state index contributed by atoms with van der Waals surface area (Å²) in [6.45, 7) is 3.01. The Hall–Kier alpha value is -1.80. The molecule has 5 nitrogen and oxygen atoms in total. The molecule has 0 aliphatic carbocycles. The van der Waals surface area contributed by atoms with E-state index in [9.17, 15) is 17.9 Å². The monoisotopic (exact) mass is 430 g/mol. The highest BCUT2D eigenvalue weighted by Gasteiger charge is 2.50. The number of hydrogen-bond acceptors (Lipinski definition) is 4. The predicted octanol–water partition coefficient (Wildman–Crippen LogP) is 2.56. The second-order valence-corrected chi connectivity index (χ2v) is 10.9. The normalized spacial score (nSPS) is 29.7. The van der Waals surface area contributed by atoms with Gasteiger partial charge in [0.2, 0.25) is 10.0 Å². The van der Waals surface area contributed by atoms with Gasteiger partial charge in [0.25, 0.3) is 0 Å². The zero-order valence-corrected chi connectivity index (χ0v) is 17.7. The average molecular weight is 431 g/mol. The molecule has 1 N–H and O–H groups in total. The van der Waals surface area contributed by atoms with E-state index in [2.05, 4.69) is 4.90 Å². The van der Waals surface area contributed by atoms with Crippen LogP contribution in [0.15, 0.2) is 48.5 Å². The first-order chi connectivity index (χ1) is 14.4. The average Bonchev–Trinajstić information content (AvgIpc) is 3.36. The lowest BCUT2D eigenvalue weighted by molar-refractivity contribution is 0.0594. The van der Waals surface area contributed by atoms with Crippen molar-refractivity contribution in [3.8, 4) is 0 Å². The van der Waals surface area contributed by atoms with Crippen LogP contribution in [0.4, 0.5) is 4.39 Å². The molecule has 5 rings (SSSR count). The van der Waals surface area contributed by atoms with E-state index in [4.69, 9.17) is 0 Å². The van der Waals surface area contributed by atoms with Gasteiger partial charge in [0.05, 0.1) is 17.9 Å². The maximum absolute atomic E-state index is 13.6. The van der Waals surface area contributed by atoms with Gasteiger partial charge in [-0.2, -0.15) is 4.31 Å². The number of rotatable bonds is 5. The Labute approximate surface area is 177 Å². The number of halogens is 1. The van der Waals surface area contributed by atoms with Crippen molar-refractivity contribution in [3.05, 3.63) is 71.0 Å². The van der Waals surface area contributed by atoms with E-state index in [1.54, 1.807) is 12.1 Å². The Bertz CT molecular complexity index is 1030. The SMILES string of the molecule is O=S(=O)(CC(O)C12CCN(CC1)C2)N1CCc2ccccc2[C@@H]1c1ccc(F)cc1. The third-order valence-electron chi connectivity index (χ3n) is 7.25. The van der Waals surface area contributed by atoms with Crippen LogP contribution in [0.3, 0.4) is 0 Å². The highest BCUT2D eigenvalue weighted by atomic mass is 32.2. The van der Waals surface area contributed by atoms with Crippen LogP contribution in [0.5, 0.6) is 0 Å². The molecule has 0 saturated carbocycles. The van der Waals surface area contributed by atoms with Crippen molar-refractivity contribution >= 4 is 10.0 Å². The molecule has 2 fully saturated rings. The number of hydrogen-bond donors (Lipinski definition) is 1. The summed E-state index contributed by atoms with van der Waals surface area (Å²) in [7, 11) is -3.73. The smallest absolute Gasteiger partial charge is 0.217 e. The molecule has 2 atom stereocenters. The van der Waals surface area contributed by atoms with Crippen LogP contribution in [-0.4, -0.2) is 60.8 Å². The van der Waals surface area contributed by atoms with Crippen molar-refractivity contribution < 1.29 is 17.9 Å². The van der Waals surface area contributed by atoms with Crippen molar-refractivity contribution in [2.24, 2.45) is 5.41 Å². The van der Waals surface area contributed by atoms with Gasteiger partial charge in [-0.15, -0.1) is 0 Å². The molecule has 3 heterocycles. The minimum Gasteiger partial charge on any atom is -0.391 e. The first-order valence-corrected chi connectivity index (χ1v) is 12.2. The number of aliphatic hydroxyl groups excluding tert-OH is 1. The highest BCUT2D eigenvalue weighted by molar-refractivity contribution is 7.89. The lowest BCUT2D eigenvalue weighted by Crippen LogP contribution is -2.47. The quantitative estimate of drug-likeness (QED) is 0.792. The van der Waals surface area contributed by atoms with Crippen molar-refractivity contribution in [1.82, 2.24) is 9.21 Å². The number of aliphatic hydroxyl groups is 1. The van der Waals surface area contributed by atoms with Gasteiger partial charge in [-0.1, -0.05) is 36.4 Å². The molecule has 7 heteroatoms. The summed E-state index contributed by atoms with van der Waals surface area (Å²) in [4.78, 5) is 2.30. The summed E-state index contributed by atoms with van der Waals surface area (Å²) in [6, 6.07) is 13.4. The van der Waals surface area contributed by atoms with Gasteiger partial charge in [-0.25, -0.2) is 12.8 Å². The molecule has 0 spiro atoms. The standard InChI is InChI=1S/C23H27FN2O3S/c24-19-7-5-18(6-8-19)22-20-4-2-1-3-17(20)9-12-26(22)30(28,29)15-21(27)23-10-13-25(16-23)14-11-23/h1-8,21-22,27H,9-16H2/t21?,22-/m0/s1. The Morgan fingerprint density at radius 3 is 2.43 bits per heavy atom. The molecule has 0 aromatic heterocycles. The maximum Gasteiger partial charge on any atom is 0.217 e. The van der Waals surface area contributed by atoms with Crippen LogP contribution < -0.4 is 0 Å². The van der Waals surface area contributed by atoms with Gasteiger partial charge in [-0.05, 0) is 61.2 Å². The molecule has 2 aromatic rings. The van der Waals surface area contributed by atoms with E-state index >= 15 is 0 Å². The molecule has 160 valence electrons. The van der Waals surface area contributed by atoms with Gasteiger partial charge in [0, 0.05) is 18.5 Å². The maximum atomic E-state index is 13.6. The fourth-order valence-corrected chi connectivity index (χ4v) is 7.37. The molecule has 0 radical (unpaired) electrons. The van der Waals surface area contributed by atoms with Gasteiger partial charge in [0.15, 0.2) is 0 Å². The summed E-state index contributed by atoms with van der Waals surface area (Å²) in [6.07, 6.45) is 1.46. The lowest BCUT2D eigenvalue weighted by Gasteiger charge is -2.38. The molecule has 2 bridgehead atoms. The predicted molar refractivity (Wildman–Crippen MR) is 113 cm³/mol. The minimum absolute atomic E-state index is 0.263. The summed E-state index contributed by atoms with van der Waals surface area (Å²) < 4.78 is 42.2. The molecular formula is C23H27FN2O3S. The molecule has 2 saturated heterocycles. The van der Waals surface area contributed by atoms with Gasteiger partial charge < -0.3 is 10.0 Å². The first-order valence-electron chi connectivity index (χ1n) is 10.6. The fraction of sp³-hybridized carbons (Fsp3) is 0.478. The number of fused-ring (bicyclic) bond motifs is 3. The number of sulfonamides is 1. The van der Waals surface area contributed by atoms with Crippen LogP contribution in [-0.2, 0) is 16.4 Å². The zero-order chi connectivity index (χ0) is 20.9. The van der Waals surface area contributed by atoms with E-state index < -0.39 is 22.2 Å². The van der Waals surface area contributed by atoms with Crippen LogP contribution in [0.1, 0.15) is 35.6 Å². The molecule has 2 aromatic carbocycles. The largest absolute Gasteiger partial charge is 0.391 e. The summed E-state index contributed by atoms with van der Waals surface area (Å²) in [5.41, 5.74) is 2.48. The topological polar surface area (TPSA) is 60.9 Å². The summed E-state index contributed by atoms with van der Waals surface area (Å²) >= 11 is 0. The van der Waals surface area contributed by atoms with Gasteiger partial charge in [0.1, 0.15) is 5.82 Å². The second kappa shape index (κ2) is 7.41. The van der Waals surface area contributed by atoms with E-state index in [1.165, 1.54) is 16.4 Å². The molecule has 30 heavy (non-hydrogen) atoms. The van der Waals surface area contributed by atoms with Gasteiger partial charge >= 0.3 is 0 Å². The lowest BCUT2D eigenvalue weighted by atomic mass is 9.80. The highest BCUT2D eigenvalue weighted by Crippen LogP contribution is 2.44. The van der Waals surface area contributed by atoms with Crippen LogP contribution >= 0.6 is 0 Å². The van der Waals surface area contributed by atoms with Crippen molar-refractivity contribution in [2.45, 2.75) is 31.4 Å². The number of nitrogens with zero attached hydrogens (tertiary/aromatic N) is 2. The Morgan fingerprint density at radius 2 is 1.77 bits per heavy atom. The van der Waals surface area contributed by atoms with E-state index in [0.29, 0.717) is 13.0 Å². The number of piperidine rings is 1. The fourth-order valence-electron chi connectivity index (χ4n) is 5.50.